The fourth-order valence-corrected chi connectivity index (χ4v) is 5.12. The Balaban J connectivity index is 1.51. The largest absolute Gasteiger partial charge is 0.457 e. The molecule has 2 heterocycles. The van der Waals surface area contributed by atoms with Crippen molar-refractivity contribution in [1.82, 2.24) is 5.32 Å². The highest BCUT2D eigenvalue weighted by molar-refractivity contribution is 5.96. The quantitative estimate of drug-likeness (QED) is 0.623. The number of hydrogen-bond donors (Lipinski definition) is 1. The Hall–Kier alpha value is -2.13. The predicted molar refractivity (Wildman–Crippen MR) is 109 cm³/mol. The standard InChI is InChI=1S/C24H29NO2/c1-23(2)14-16(15-24(3,4)25-23)11-20(26)17-9-10-22-19(12-17)13-18-7-5-6-8-21(18)27-22/h5-10,12,16,25H,11,13-15H2,1-4H3. The number of carbonyl (C=O) groups excluding carboxylic acids is 1. The molecule has 1 saturated heterocycles. The maximum atomic E-state index is 13.0. The summed E-state index contributed by atoms with van der Waals surface area (Å²) in [5.74, 6) is 2.45. The van der Waals surface area contributed by atoms with Gasteiger partial charge in [-0.15, -0.1) is 0 Å². The molecule has 0 amide bonds. The first-order valence-corrected chi connectivity index (χ1v) is 9.92. The van der Waals surface area contributed by atoms with Crippen LogP contribution in [0, 0.1) is 5.92 Å². The van der Waals surface area contributed by atoms with Gasteiger partial charge in [0.25, 0.3) is 0 Å². The molecule has 2 aliphatic heterocycles. The van der Waals surface area contributed by atoms with Crippen molar-refractivity contribution in [3.63, 3.8) is 0 Å². The molecule has 0 spiro atoms. The molecule has 0 radical (unpaired) electrons. The highest BCUT2D eigenvalue weighted by Crippen LogP contribution is 2.38. The van der Waals surface area contributed by atoms with Crippen LogP contribution in [-0.4, -0.2) is 16.9 Å². The molecule has 1 N–H and O–H groups in total. The zero-order valence-corrected chi connectivity index (χ0v) is 16.8. The number of para-hydroxylation sites is 1. The van der Waals surface area contributed by atoms with Gasteiger partial charge >= 0.3 is 0 Å². The van der Waals surface area contributed by atoms with Crippen molar-refractivity contribution in [3.05, 3.63) is 59.2 Å². The monoisotopic (exact) mass is 363 g/mol. The minimum absolute atomic E-state index is 0.0695. The maximum Gasteiger partial charge on any atom is 0.163 e. The van der Waals surface area contributed by atoms with Crippen LogP contribution in [-0.2, 0) is 6.42 Å². The Kier molecular flexibility index (Phi) is 4.38. The second kappa shape index (κ2) is 6.49. The van der Waals surface area contributed by atoms with Crippen molar-refractivity contribution >= 4 is 5.78 Å². The summed E-state index contributed by atoms with van der Waals surface area (Å²) in [4.78, 5) is 13.0. The van der Waals surface area contributed by atoms with Crippen LogP contribution in [0.4, 0.5) is 0 Å². The van der Waals surface area contributed by atoms with E-state index in [9.17, 15) is 4.79 Å². The van der Waals surface area contributed by atoms with Crippen LogP contribution in [0.15, 0.2) is 42.5 Å². The lowest BCUT2D eigenvalue weighted by atomic mass is 9.74. The number of benzene rings is 2. The first kappa shape index (κ1) is 18.2. The summed E-state index contributed by atoms with van der Waals surface area (Å²) < 4.78 is 6.00. The molecule has 2 aliphatic rings. The van der Waals surface area contributed by atoms with Gasteiger partial charge in [0, 0.05) is 35.0 Å². The number of piperidine rings is 1. The molecule has 0 bridgehead atoms. The van der Waals surface area contributed by atoms with E-state index in [-0.39, 0.29) is 16.9 Å². The van der Waals surface area contributed by atoms with Gasteiger partial charge < -0.3 is 10.1 Å². The Labute approximate surface area is 162 Å². The van der Waals surface area contributed by atoms with E-state index in [2.05, 4.69) is 39.1 Å². The summed E-state index contributed by atoms with van der Waals surface area (Å²) in [7, 11) is 0. The van der Waals surface area contributed by atoms with Crippen LogP contribution in [0.2, 0.25) is 0 Å². The minimum atomic E-state index is 0.0695. The second-order valence-electron chi connectivity index (χ2n) is 9.50. The molecule has 0 saturated carbocycles. The number of rotatable bonds is 3. The fourth-order valence-electron chi connectivity index (χ4n) is 5.12. The normalized spacial score (nSPS) is 20.3. The Bertz CT molecular complexity index is 866. The minimum Gasteiger partial charge on any atom is -0.457 e. The van der Waals surface area contributed by atoms with Gasteiger partial charge in [-0.2, -0.15) is 0 Å². The van der Waals surface area contributed by atoms with Crippen molar-refractivity contribution in [1.29, 1.82) is 0 Å². The number of nitrogens with one attached hydrogen (secondary N) is 1. The summed E-state index contributed by atoms with van der Waals surface area (Å²) in [6, 6.07) is 14.0. The summed E-state index contributed by atoms with van der Waals surface area (Å²) in [5, 5.41) is 3.70. The van der Waals surface area contributed by atoms with Crippen LogP contribution in [0.3, 0.4) is 0 Å². The average Bonchev–Trinajstić information content (AvgIpc) is 2.56. The Morgan fingerprint density at radius 2 is 1.67 bits per heavy atom. The number of ketones is 1. The third kappa shape index (κ3) is 3.93. The number of fused-ring (bicyclic) bond motifs is 2. The first-order chi connectivity index (χ1) is 12.7. The number of carbonyl (C=O) groups is 1. The number of ether oxygens (including phenoxy) is 1. The van der Waals surface area contributed by atoms with Gasteiger partial charge in [-0.25, -0.2) is 0 Å². The molecule has 2 aromatic rings. The second-order valence-corrected chi connectivity index (χ2v) is 9.50. The molecule has 0 aromatic heterocycles. The predicted octanol–water partition coefficient (Wildman–Crippen LogP) is 5.51. The molecule has 142 valence electrons. The molecule has 3 nitrogen and oxygen atoms in total. The molecule has 0 aliphatic carbocycles. The van der Waals surface area contributed by atoms with Gasteiger partial charge in [0.05, 0.1) is 0 Å². The lowest BCUT2D eigenvalue weighted by molar-refractivity contribution is 0.0864. The summed E-state index contributed by atoms with van der Waals surface area (Å²) in [6.07, 6.45) is 3.50. The van der Waals surface area contributed by atoms with E-state index in [1.54, 1.807) is 0 Å². The van der Waals surface area contributed by atoms with Gasteiger partial charge in [0.2, 0.25) is 0 Å². The van der Waals surface area contributed by atoms with E-state index in [0.29, 0.717) is 12.3 Å². The SMILES string of the molecule is CC1(C)CC(CC(=O)c2ccc3c(c2)Cc2ccccc2O3)CC(C)(C)N1. The van der Waals surface area contributed by atoms with Gasteiger partial charge in [-0.3, -0.25) is 4.79 Å². The summed E-state index contributed by atoms with van der Waals surface area (Å²) >= 11 is 0. The van der Waals surface area contributed by atoms with Crippen molar-refractivity contribution in [2.45, 2.75) is 64.5 Å². The maximum absolute atomic E-state index is 13.0. The van der Waals surface area contributed by atoms with Gasteiger partial charge in [-0.05, 0) is 76.3 Å². The molecule has 1 fully saturated rings. The van der Waals surface area contributed by atoms with E-state index in [4.69, 9.17) is 4.74 Å². The van der Waals surface area contributed by atoms with Gasteiger partial charge in [0.1, 0.15) is 11.5 Å². The fraction of sp³-hybridized carbons (Fsp3) is 0.458. The molecular weight excluding hydrogens is 334 g/mol. The molecule has 4 rings (SSSR count). The van der Waals surface area contributed by atoms with Crippen LogP contribution in [0.25, 0.3) is 0 Å². The van der Waals surface area contributed by atoms with Crippen molar-refractivity contribution < 1.29 is 9.53 Å². The van der Waals surface area contributed by atoms with Gasteiger partial charge in [0.15, 0.2) is 5.78 Å². The van der Waals surface area contributed by atoms with E-state index < -0.39 is 0 Å². The summed E-state index contributed by atoms with van der Waals surface area (Å²) in [5.41, 5.74) is 3.23. The third-order valence-electron chi connectivity index (χ3n) is 5.70. The zero-order valence-electron chi connectivity index (χ0n) is 16.8. The van der Waals surface area contributed by atoms with E-state index in [1.807, 2.05) is 36.4 Å². The van der Waals surface area contributed by atoms with Crippen LogP contribution in [0.5, 0.6) is 11.5 Å². The lowest BCUT2D eigenvalue weighted by Gasteiger charge is -2.46. The van der Waals surface area contributed by atoms with Crippen molar-refractivity contribution in [3.8, 4) is 11.5 Å². The third-order valence-corrected chi connectivity index (χ3v) is 5.70. The topological polar surface area (TPSA) is 38.3 Å². The first-order valence-electron chi connectivity index (χ1n) is 9.92. The van der Waals surface area contributed by atoms with Crippen LogP contribution < -0.4 is 10.1 Å². The molecular formula is C24H29NO2. The lowest BCUT2D eigenvalue weighted by Crippen LogP contribution is -2.57. The van der Waals surface area contributed by atoms with E-state index >= 15 is 0 Å². The average molecular weight is 364 g/mol. The molecule has 0 unspecified atom stereocenters. The van der Waals surface area contributed by atoms with E-state index in [0.717, 1.165) is 41.9 Å². The smallest absolute Gasteiger partial charge is 0.163 e. The zero-order chi connectivity index (χ0) is 19.2. The molecule has 0 atom stereocenters. The van der Waals surface area contributed by atoms with Crippen LogP contribution in [0.1, 0.15) is 68.4 Å². The molecule has 2 aromatic carbocycles. The summed E-state index contributed by atoms with van der Waals surface area (Å²) in [6.45, 7) is 8.94. The van der Waals surface area contributed by atoms with Crippen molar-refractivity contribution in [2.24, 2.45) is 5.92 Å². The van der Waals surface area contributed by atoms with Crippen molar-refractivity contribution in [2.75, 3.05) is 0 Å². The molecule has 3 heteroatoms. The Morgan fingerprint density at radius 1 is 1.00 bits per heavy atom. The highest BCUT2D eigenvalue weighted by Gasteiger charge is 2.38. The van der Waals surface area contributed by atoms with E-state index in [1.165, 1.54) is 5.56 Å². The Morgan fingerprint density at radius 3 is 2.41 bits per heavy atom. The number of Topliss-reactive ketones (excluding diaryl/α,β-unsaturated/α-hetero) is 1. The molecule has 27 heavy (non-hydrogen) atoms. The number of hydrogen-bond acceptors (Lipinski definition) is 3. The van der Waals surface area contributed by atoms with Gasteiger partial charge in [-0.1, -0.05) is 18.2 Å². The highest BCUT2D eigenvalue weighted by atomic mass is 16.5. The van der Waals surface area contributed by atoms with Crippen LogP contribution >= 0.6 is 0 Å².